The smallest absolute Gasteiger partial charge is 0.303 e. The lowest BCUT2D eigenvalue weighted by molar-refractivity contribution is -0.137. The molecule has 1 aromatic rings. The first-order valence-electron chi connectivity index (χ1n) is 7.38. The maximum absolute atomic E-state index is 12.0. The Hall–Kier alpha value is -1.85. The number of nitrogens with one attached hydrogen (secondary N) is 1. The molecule has 1 rings (SSSR count). The van der Waals surface area contributed by atoms with E-state index in [2.05, 4.69) is 17.4 Å². The molecule has 1 amide bonds. The van der Waals surface area contributed by atoms with Gasteiger partial charge in [-0.15, -0.1) is 0 Å². The first-order valence-corrected chi connectivity index (χ1v) is 7.38. The molecule has 6 nitrogen and oxygen atoms in total. The van der Waals surface area contributed by atoms with Gasteiger partial charge in [0.2, 0.25) is 0 Å². The van der Waals surface area contributed by atoms with Crippen LogP contribution in [0.3, 0.4) is 0 Å². The number of aromatic nitrogens is 1. The van der Waals surface area contributed by atoms with Crippen molar-refractivity contribution in [2.75, 3.05) is 6.54 Å². The van der Waals surface area contributed by atoms with E-state index in [1.54, 1.807) is 13.8 Å². The van der Waals surface area contributed by atoms with Gasteiger partial charge in [-0.25, -0.2) is 0 Å². The molecular formula is C15H24N2O4. The monoisotopic (exact) mass is 296 g/mol. The van der Waals surface area contributed by atoms with E-state index >= 15 is 0 Å². The molecular weight excluding hydrogens is 272 g/mol. The summed E-state index contributed by atoms with van der Waals surface area (Å²) in [5, 5.41) is 15.4. The number of rotatable bonds is 9. The van der Waals surface area contributed by atoms with Gasteiger partial charge in [0.1, 0.15) is 11.3 Å². The third-order valence-corrected chi connectivity index (χ3v) is 3.56. The Balaban J connectivity index is 2.42. The van der Waals surface area contributed by atoms with Gasteiger partial charge in [0.15, 0.2) is 0 Å². The Bertz CT molecular complexity index is 463. The summed E-state index contributed by atoms with van der Waals surface area (Å²) in [4.78, 5) is 22.7. The SMILES string of the molecule is CCCC(CCNC(=O)c1c(C)noc1C)CCC(=O)O. The van der Waals surface area contributed by atoms with Crippen molar-refractivity contribution in [3.63, 3.8) is 0 Å². The highest BCUT2D eigenvalue weighted by atomic mass is 16.5. The van der Waals surface area contributed by atoms with Crippen molar-refractivity contribution >= 4 is 11.9 Å². The molecule has 1 aromatic heterocycles. The minimum Gasteiger partial charge on any atom is -0.481 e. The number of aryl methyl sites for hydroxylation is 2. The molecule has 1 heterocycles. The van der Waals surface area contributed by atoms with Crippen LogP contribution in [0.15, 0.2) is 4.52 Å². The zero-order valence-electron chi connectivity index (χ0n) is 12.9. The van der Waals surface area contributed by atoms with Gasteiger partial charge in [-0.1, -0.05) is 24.9 Å². The Kier molecular flexibility index (Phi) is 6.91. The van der Waals surface area contributed by atoms with Gasteiger partial charge in [0, 0.05) is 13.0 Å². The first kappa shape index (κ1) is 17.2. The maximum atomic E-state index is 12.0. The number of carboxylic acid groups (broad SMARTS) is 1. The number of carboxylic acids is 1. The summed E-state index contributed by atoms with van der Waals surface area (Å²) in [6, 6.07) is 0. The van der Waals surface area contributed by atoms with Crippen molar-refractivity contribution in [2.24, 2.45) is 5.92 Å². The average molecular weight is 296 g/mol. The molecule has 0 bridgehead atoms. The quantitative estimate of drug-likeness (QED) is 0.731. The number of carbonyl (C=O) groups excluding carboxylic acids is 1. The van der Waals surface area contributed by atoms with Crippen LogP contribution in [0.1, 0.15) is 60.8 Å². The molecule has 0 radical (unpaired) electrons. The lowest BCUT2D eigenvalue weighted by atomic mass is 9.94. The van der Waals surface area contributed by atoms with Crippen molar-refractivity contribution < 1.29 is 19.2 Å². The molecule has 0 spiro atoms. The third-order valence-electron chi connectivity index (χ3n) is 3.56. The summed E-state index contributed by atoms with van der Waals surface area (Å²) in [7, 11) is 0. The van der Waals surface area contributed by atoms with Crippen molar-refractivity contribution in [1.29, 1.82) is 0 Å². The van der Waals surface area contributed by atoms with Gasteiger partial charge >= 0.3 is 5.97 Å². The summed E-state index contributed by atoms with van der Waals surface area (Å²) in [6.07, 6.45) is 3.62. The van der Waals surface area contributed by atoms with E-state index in [1.807, 2.05) is 0 Å². The minimum atomic E-state index is -0.768. The summed E-state index contributed by atoms with van der Waals surface area (Å²) >= 11 is 0. The fraction of sp³-hybridized carbons (Fsp3) is 0.667. The second-order valence-electron chi connectivity index (χ2n) is 5.33. The van der Waals surface area contributed by atoms with Crippen LogP contribution in [0.25, 0.3) is 0 Å². The van der Waals surface area contributed by atoms with E-state index in [0.717, 1.165) is 19.3 Å². The minimum absolute atomic E-state index is 0.181. The van der Waals surface area contributed by atoms with Crippen LogP contribution in [0.5, 0.6) is 0 Å². The number of nitrogens with zero attached hydrogens (tertiary/aromatic N) is 1. The van der Waals surface area contributed by atoms with Gasteiger partial charge < -0.3 is 14.9 Å². The van der Waals surface area contributed by atoms with Crippen LogP contribution in [-0.2, 0) is 4.79 Å². The predicted molar refractivity (Wildman–Crippen MR) is 78.2 cm³/mol. The predicted octanol–water partition coefficient (Wildman–Crippen LogP) is 2.69. The van der Waals surface area contributed by atoms with E-state index in [9.17, 15) is 9.59 Å². The Morgan fingerprint density at radius 3 is 2.52 bits per heavy atom. The average Bonchev–Trinajstić information content (AvgIpc) is 2.75. The zero-order valence-corrected chi connectivity index (χ0v) is 12.9. The zero-order chi connectivity index (χ0) is 15.8. The molecule has 0 saturated carbocycles. The molecule has 6 heteroatoms. The summed E-state index contributed by atoms with van der Waals surface area (Å²) in [6.45, 7) is 6.06. The van der Waals surface area contributed by atoms with Crippen LogP contribution in [-0.4, -0.2) is 28.7 Å². The second kappa shape index (κ2) is 8.44. The first-order chi connectivity index (χ1) is 9.95. The third kappa shape index (κ3) is 5.57. The largest absolute Gasteiger partial charge is 0.481 e. The van der Waals surface area contributed by atoms with Crippen molar-refractivity contribution in [2.45, 2.75) is 52.9 Å². The van der Waals surface area contributed by atoms with Gasteiger partial charge in [-0.2, -0.15) is 0 Å². The molecule has 1 unspecified atom stereocenters. The Labute approximate surface area is 124 Å². The Morgan fingerprint density at radius 1 is 1.29 bits per heavy atom. The Morgan fingerprint density at radius 2 is 2.00 bits per heavy atom. The van der Waals surface area contributed by atoms with E-state index in [4.69, 9.17) is 9.63 Å². The highest BCUT2D eigenvalue weighted by molar-refractivity contribution is 5.96. The van der Waals surface area contributed by atoms with Crippen molar-refractivity contribution in [3.05, 3.63) is 17.0 Å². The van der Waals surface area contributed by atoms with Crippen LogP contribution in [0.4, 0.5) is 0 Å². The van der Waals surface area contributed by atoms with E-state index in [0.29, 0.717) is 35.9 Å². The molecule has 0 saturated heterocycles. The molecule has 118 valence electrons. The molecule has 0 aromatic carbocycles. The number of carbonyl (C=O) groups is 2. The van der Waals surface area contributed by atoms with Crippen molar-refractivity contribution in [1.82, 2.24) is 10.5 Å². The lowest BCUT2D eigenvalue weighted by Gasteiger charge is -2.15. The highest BCUT2D eigenvalue weighted by Crippen LogP contribution is 2.17. The number of hydrogen-bond donors (Lipinski definition) is 2. The highest BCUT2D eigenvalue weighted by Gasteiger charge is 2.17. The molecule has 2 N–H and O–H groups in total. The standard InChI is InChI=1S/C15H24N2O4/c1-4-5-12(6-7-13(18)19)8-9-16-15(20)14-10(2)17-21-11(14)3/h12H,4-9H2,1-3H3,(H,16,20)(H,18,19). The van der Waals surface area contributed by atoms with Gasteiger partial charge in [-0.05, 0) is 32.6 Å². The molecule has 0 aliphatic carbocycles. The van der Waals surface area contributed by atoms with Crippen LogP contribution < -0.4 is 5.32 Å². The molecule has 1 atom stereocenters. The topological polar surface area (TPSA) is 92.4 Å². The van der Waals surface area contributed by atoms with Crippen molar-refractivity contribution in [3.8, 4) is 0 Å². The molecule has 0 aliphatic rings. The number of amides is 1. The van der Waals surface area contributed by atoms with Gasteiger partial charge in [0.05, 0.1) is 5.69 Å². The normalized spacial score (nSPS) is 12.1. The molecule has 0 aliphatic heterocycles. The van der Waals surface area contributed by atoms with Crippen LogP contribution in [0.2, 0.25) is 0 Å². The van der Waals surface area contributed by atoms with Crippen LogP contribution >= 0.6 is 0 Å². The van der Waals surface area contributed by atoms with E-state index < -0.39 is 5.97 Å². The number of aliphatic carboxylic acids is 1. The van der Waals surface area contributed by atoms with Gasteiger partial charge in [0.25, 0.3) is 5.91 Å². The van der Waals surface area contributed by atoms with Gasteiger partial charge in [-0.3, -0.25) is 9.59 Å². The molecule has 21 heavy (non-hydrogen) atoms. The van der Waals surface area contributed by atoms with E-state index in [1.165, 1.54) is 0 Å². The van der Waals surface area contributed by atoms with Crippen LogP contribution in [0, 0.1) is 19.8 Å². The second-order valence-corrected chi connectivity index (χ2v) is 5.33. The fourth-order valence-electron chi connectivity index (χ4n) is 2.45. The number of hydrogen-bond acceptors (Lipinski definition) is 4. The summed E-state index contributed by atoms with van der Waals surface area (Å²) in [5.41, 5.74) is 1.08. The maximum Gasteiger partial charge on any atom is 0.303 e. The summed E-state index contributed by atoms with van der Waals surface area (Å²) in [5.74, 6) is -0.104. The summed E-state index contributed by atoms with van der Waals surface area (Å²) < 4.78 is 4.97. The molecule has 0 fully saturated rings. The van der Waals surface area contributed by atoms with E-state index in [-0.39, 0.29) is 12.3 Å². The lowest BCUT2D eigenvalue weighted by Crippen LogP contribution is -2.27. The fourth-order valence-corrected chi connectivity index (χ4v) is 2.45.